The van der Waals surface area contributed by atoms with Gasteiger partial charge in [-0.1, -0.05) is 40.0 Å². The summed E-state index contributed by atoms with van der Waals surface area (Å²) in [6.07, 6.45) is 6.77. The van der Waals surface area contributed by atoms with Crippen molar-refractivity contribution in [3.05, 3.63) is 29.3 Å². The molecule has 1 saturated heterocycles. The van der Waals surface area contributed by atoms with E-state index in [1.807, 2.05) is 0 Å². The van der Waals surface area contributed by atoms with Gasteiger partial charge in [-0.15, -0.1) is 0 Å². The molecule has 3 heteroatoms. The molecule has 0 aromatic heterocycles. The standard InChI is InChI=1S/C17H24BrNO/c1-13-5-6-17-14(10-13)11-16(20-17)12-19-9-3-2-4-15(19)7-8-18/h5-6,10,15-16H,2-4,7-9,11-12H2,1H3. The predicted octanol–water partition coefficient (Wildman–Crippen LogP) is 3.94. The van der Waals surface area contributed by atoms with Crippen LogP contribution in [0.1, 0.15) is 36.8 Å². The van der Waals surface area contributed by atoms with Crippen molar-refractivity contribution in [3.63, 3.8) is 0 Å². The van der Waals surface area contributed by atoms with Crippen LogP contribution in [0.3, 0.4) is 0 Å². The summed E-state index contributed by atoms with van der Waals surface area (Å²) in [5.74, 6) is 1.11. The molecule has 0 saturated carbocycles. The van der Waals surface area contributed by atoms with E-state index < -0.39 is 0 Å². The number of halogens is 1. The van der Waals surface area contributed by atoms with Gasteiger partial charge in [-0.2, -0.15) is 0 Å². The summed E-state index contributed by atoms with van der Waals surface area (Å²) in [6.45, 7) is 4.49. The van der Waals surface area contributed by atoms with Gasteiger partial charge in [-0.3, -0.25) is 4.90 Å². The van der Waals surface area contributed by atoms with Crippen LogP contribution in [-0.2, 0) is 6.42 Å². The third kappa shape index (κ3) is 3.20. The summed E-state index contributed by atoms with van der Waals surface area (Å²) in [5, 5.41) is 1.11. The molecule has 20 heavy (non-hydrogen) atoms. The fraction of sp³-hybridized carbons (Fsp3) is 0.647. The Morgan fingerprint density at radius 1 is 1.35 bits per heavy atom. The smallest absolute Gasteiger partial charge is 0.123 e. The number of hydrogen-bond donors (Lipinski definition) is 0. The second-order valence-corrected chi connectivity index (χ2v) is 6.97. The van der Waals surface area contributed by atoms with Crippen LogP contribution < -0.4 is 4.74 Å². The molecule has 0 amide bonds. The first-order chi connectivity index (χ1) is 9.76. The van der Waals surface area contributed by atoms with E-state index in [0.29, 0.717) is 6.10 Å². The largest absolute Gasteiger partial charge is 0.488 e. The second-order valence-electron chi connectivity index (χ2n) is 6.18. The zero-order valence-electron chi connectivity index (χ0n) is 12.3. The van der Waals surface area contributed by atoms with Crippen LogP contribution in [0, 0.1) is 6.92 Å². The maximum Gasteiger partial charge on any atom is 0.123 e. The minimum Gasteiger partial charge on any atom is -0.488 e. The van der Waals surface area contributed by atoms with Gasteiger partial charge in [0.05, 0.1) is 0 Å². The van der Waals surface area contributed by atoms with Crippen molar-refractivity contribution in [1.29, 1.82) is 0 Å². The SMILES string of the molecule is Cc1ccc2c(c1)CC(CN1CCCCC1CCBr)O2. The Hall–Kier alpha value is -0.540. The average Bonchev–Trinajstić information content (AvgIpc) is 2.82. The molecule has 0 bridgehead atoms. The van der Waals surface area contributed by atoms with Gasteiger partial charge >= 0.3 is 0 Å². The summed E-state index contributed by atoms with van der Waals surface area (Å²) in [5.41, 5.74) is 2.73. The van der Waals surface area contributed by atoms with Crippen molar-refractivity contribution in [2.24, 2.45) is 0 Å². The van der Waals surface area contributed by atoms with Crippen LogP contribution in [0.4, 0.5) is 0 Å². The minimum absolute atomic E-state index is 0.350. The van der Waals surface area contributed by atoms with Crippen molar-refractivity contribution in [1.82, 2.24) is 4.90 Å². The van der Waals surface area contributed by atoms with Crippen molar-refractivity contribution in [2.45, 2.75) is 51.2 Å². The molecule has 2 aliphatic heterocycles. The molecule has 2 atom stereocenters. The Morgan fingerprint density at radius 2 is 2.25 bits per heavy atom. The number of aryl methyl sites for hydroxylation is 1. The van der Waals surface area contributed by atoms with Crippen molar-refractivity contribution >= 4 is 15.9 Å². The highest BCUT2D eigenvalue weighted by Crippen LogP contribution is 2.31. The number of piperidine rings is 1. The summed E-state index contributed by atoms with van der Waals surface area (Å²) in [6, 6.07) is 7.31. The van der Waals surface area contributed by atoms with Gasteiger partial charge in [-0.05, 0) is 44.4 Å². The number of hydrogen-bond acceptors (Lipinski definition) is 2. The molecule has 0 spiro atoms. The third-order valence-electron chi connectivity index (χ3n) is 4.59. The van der Waals surface area contributed by atoms with E-state index in [1.54, 1.807) is 0 Å². The van der Waals surface area contributed by atoms with Crippen LogP contribution in [0.25, 0.3) is 0 Å². The Bertz CT molecular complexity index is 460. The van der Waals surface area contributed by atoms with Gasteiger partial charge in [0.1, 0.15) is 11.9 Å². The zero-order valence-corrected chi connectivity index (χ0v) is 13.9. The van der Waals surface area contributed by atoms with E-state index in [-0.39, 0.29) is 0 Å². The summed E-state index contributed by atoms with van der Waals surface area (Å²) in [7, 11) is 0. The van der Waals surface area contributed by atoms with Crippen molar-refractivity contribution in [3.8, 4) is 5.75 Å². The molecule has 1 aromatic carbocycles. The van der Waals surface area contributed by atoms with E-state index in [9.17, 15) is 0 Å². The first kappa shape index (κ1) is 14.4. The molecule has 1 fully saturated rings. The van der Waals surface area contributed by atoms with Crippen LogP contribution in [0.2, 0.25) is 0 Å². The molecule has 2 nitrogen and oxygen atoms in total. The molecule has 0 N–H and O–H groups in total. The van der Waals surface area contributed by atoms with Crippen LogP contribution in [0.15, 0.2) is 18.2 Å². The normalized spacial score (nSPS) is 26.3. The maximum absolute atomic E-state index is 6.14. The fourth-order valence-electron chi connectivity index (χ4n) is 3.57. The highest BCUT2D eigenvalue weighted by atomic mass is 79.9. The summed E-state index contributed by atoms with van der Waals surface area (Å²) in [4.78, 5) is 2.66. The van der Waals surface area contributed by atoms with E-state index >= 15 is 0 Å². The molecular formula is C17H24BrNO. The summed E-state index contributed by atoms with van der Waals surface area (Å²) < 4.78 is 6.14. The van der Waals surface area contributed by atoms with Crippen molar-refractivity contribution in [2.75, 3.05) is 18.4 Å². The molecule has 110 valence electrons. The van der Waals surface area contributed by atoms with Gasteiger partial charge in [0, 0.05) is 24.3 Å². The Kier molecular flexibility index (Phi) is 4.67. The predicted molar refractivity (Wildman–Crippen MR) is 86.9 cm³/mol. The molecule has 2 heterocycles. The van der Waals surface area contributed by atoms with E-state index in [1.165, 1.54) is 43.4 Å². The van der Waals surface area contributed by atoms with Gasteiger partial charge in [0.15, 0.2) is 0 Å². The summed E-state index contributed by atoms with van der Waals surface area (Å²) >= 11 is 3.60. The zero-order chi connectivity index (χ0) is 13.9. The van der Waals surface area contributed by atoms with Gasteiger partial charge in [0.2, 0.25) is 0 Å². The Morgan fingerprint density at radius 3 is 3.10 bits per heavy atom. The molecule has 1 aromatic rings. The fourth-order valence-corrected chi connectivity index (χ4v) is 4.09. The lowest BCUT2D eigenvalue weighted by atomic mass is 9.99. The van der Waals surface area contributed by atoms with Gasteiger partial charge in [-0.25, -0.2) is 0 Å². The van der Waals surface area contributed by atoms with Crippen molar-refractivity contribution < 1.29 is 4.74 Å². The first-order valence-corrected chi connectivity index (χ1v) is 8.94. The maximum atomic E-state index is 6.14. The number of likely N-dealkylation sites (tertiary alicyclic amines) is 1. The molecule has 3 rings (SSSR count). The highest BCUT2D eigenvalue weighted by Gasteiger charge is 2.29. The number of fused-ring (bicyclic) bond motifs is 1. The first-order valence-electron chi connectivity index (χ1n) is 7.82. The second kappa shape index (κ2) is 6.48. The monoisotopic (exact) mass is 337 g/mol. The lowest BCUT2D eigenvalue weighted by molar-refractivity contribution is 0.0888. The number of nitrogens with zero attached hydrogens (tertiary/aromatic N) is 1. The molecule has 2 unspecified atom stereocenters. The van der Waals surface area contributed by atoms with Gasteiger partial charge in [0.25, 0.3) is 0 Å². The quantitative estimate of drug-likeness (QED) is 0.771. The molecular weight excluding hydrogens is 314 g/mol. The van der Waals surface area contributed by atoms with Gasteiger partial charge < -0.3 is 4.74 Å². The van der Waals surface area contributed by atoms with Crippen LogP contribution in [0.5, 0.6) is 5.75 Å². The number of alkyl halides is 1. The lowest BCUT2D eigenvalue weighted by Gasteiger charge is -2.36. The number of ether oxygens (including phenoxy) is 1. The van der Waals surface area contributed by atoms with Crippen LogP contribution >= 0.6 is 15.9 Å². The van der Waals surface area contributed by atoms with Crippen LogP contribution in [-0.4, -0.2) is 35.5 Å². The molecule has 2 aliphatic rings. The topological polar surface area (TPSA) is 12.5 Å². The highest BCUT2D eigenvalue weighted by molar-refractivity contribution is 9.09. The minimum atomic E-state index is 0.350. The Labute approximate surface area is 130 Å². The number of rotatable bonds is 4. The lowest BCUT2D eigenvalue weighted by Crippen LogP contribution is -2.45. The molecule has 0 aliphatic carbocycles. The average molecular weight is 338 g/mol. The van der Waals surface area contributed by atoms with E-state index in [2.05, 4.69) is 46.0 Å². The third-order valence-corrected chi connectivity index (χ3v) is 5.04. The number of benzene rings is 1. The molecule has 0 radical (unpaired) electrons. The van der Waals surface area contributed by atoms with E-state index in [0.717, 1.165) is 30.1 Å². The Balaban J connectivity index is 1.61. The van der Waals surface area contributed by atoms with E-state index in [4.69, 9.17) is 4.74 Å².